The van der Waals surface area contributed by atoms with Crippen molar-refractivity contribution in [1.82, 2.24) is 19.4 Å². The van der Waals surface area contributed by atoms with E-state index in [9.17, 15) is 14.4 Å². The molecular weight excluding hydrogens is 598 g/mol. The van der Waals surface area contributed by atoms with Crippen LogP contribution in [0.15, 0.2) is 48.5 Å². The number of unbranched alkanes of at least 4 members (excludes halogenated alkanes) is 1. The second-order valence-corrected chi connectivity index (χ2v) is 13.9. The van der Waals surface area contributed by atoms with E-state index in [0.717, 1.165) is 23.9 Å². The number of ether oxygens (including phenoxy) is 3. The predicted molar refractivity (Wildman–Crippen MR) is 181 cm³/mol. The van der Waals surface area contributed by atoms with Gasteiger partial charge in [0.15, 0.2) is 5.82 Å². The van der Waals surface area contributed by atoms with Crippen molar-refractivity contribution in [2.75, 3.05) is 51.4 Å². The maximum Gasteiger partial charge on any atom is 0.410 e. The number of hydrogen-bond donors (Lipinski definition) is 0. The van der Waals surface area contributed by atoms with Crippen molar-refractivity contribution in [2.24, 2.45) is 11.8 Å². The maximum absolute atomic E-state index is 14.7. The van der Waals surface area contributed by atoms with E-state index in [1.54, 1.807) is 16.9 Å². The average Bonchev–Trinajstić information content (AvgIpc) is 3.42. The van der Waals surface area contributed by atoms with Gasteiger partial charge in [0.1, 0.15) is 18.0 Å². The van der Waals surface area contributed by atoms with Crippen LogP contribution in [0.2, 0.25) is 0 Å². The number of hydrogen-bond acceptors (Lipinski definition) is 7. The predicted octanol–water partition coefficient (Wildman–Crippen LogP) is 5.61. The average molecular weight is 648 g/mol. The first-order chi connectivity index (χ1) is 22.5. The van der Waals surface area contributed by atoms with Crippen LogP contribution in [-0.4, -0.2) is 95.4 Å². The molecule has 254 valence electrons. The van der Waals surface area contributed by atoms with Crippen LogP contribution in [0.25, 0.3) is 11.0 Å². The molecule has 2 atom stereocenters. The highest BCUT2D eigenvalue weighted by atomic mass is 16.6. The molecule has 0 N–H and O–H groups in total. The Morgan fingerprint density at radius 3 is 2.53 bits per heavy atom. The number of amides is 3. The number of aromatic nitrogens is 2. The Labute approximate surface area is 277 Å². The molecule has 2 aliphatic heterocycles. The van der Waals surface area contributed by atoms with Crippen molar-refractivity contribution in [2.45, 2.75) is 72.1 Å². The third-order valence-corrected chi connectivity index (χ3v) is 8.51. The van der Waals surface area contributed by atoms with Gasteiger partial charge in [0.25, 0.3) is 5.91 Å². The zero-order valence-corrected chi connectivity index (χ0v) is 28.6. The third kappa shape index (κ3) is 8.06. The lowest BCUT2D eigenvalue weighted by molar-refractivity contribution is -0.125. The van der Waals surface area contributed by atoms with Gasteiger partial charge in [-0.15, -0.1) is 0 Å². The van der Waals surface area contributed by atoms with E-state index < -0.39 is 23.7 Å². The van der Waals surface area contributed by atoms with Crippen molar-refractivity contribution in [3.05, 3.63) is 54.4 Å². The maximum atomic E-state index is 14.7. The molecular formula is C36H49N5O6. The number of fused-ring (bicyclic) bond motifs is 2. The molecule has 0 radical (unpaired) electrons. The highest BCUT2D eigenvalue weighted by Gasteiger charge is 2.42. The second-order valence-electron chi connectivity index (χ2n) is 13.9. The van der Waals surface area contributed by atoms with Gasteiger partial charge in [0, 0.05) is 39.9 Å². The molecule has 3 heterocycles. The van der Waals surface area contributed by atoms with E-state index in [0.29, 0.717) is 56.5 Å². The first-order valence-corrected chi connectivity index (χ1v) is 16.7. The van der Waals surface area contributed by atoms with Crippen molar-refractivity contribution < 1.29 is 28.6 Å². The molecule has 0 saturated carbocycles. The normalized spacial score (nSPS) is 18.2. The largest absolute Gasteiger partial charge is 0.490 e. The number of likely N-dealkylation sites (tertiary alicyclic amines) is 1. The number of benzene rings is 2. The summed E-state index contributed by atoms with van der Waals surface area (Å²) in [5.74, 6) is 0.299. The van der Waals surface area contributed by atoms with Crippen LogP contribution in [0.4, 0.5) is 10.5 Å². The Bertz CT molecular complexity index is 1560. The number of carbonyl (C=O) groups is 3. The lowest BCUT2D eigenvalue weighted by Gasteiger charge is -2.44. The van der Waals surface area contributed by atoms with Crippen LogP contribution >= 0.6 is 0 Å². The molecule has 47 heavy (non-hydrogen) atoms. The molecule has 11 nitrogen and oxygen atoms in total. The summed E-state index contributed by atoms with van der Waals surface area (Å²) in [6.07, 6.45) is 1.59. The summed E-state index contributed by atoms with van der Waals surface area (Å²) in [6, 6.07) is 14.9. The fourth-order valence-corrected chi connectivity index (χ4v) is 6.47. The number of anilines is 1. The first kappa shape index (κ1) is 34.2. The van der Waals surface area contributed by atoms with E-state index in [1.807, 2.05) is 78.8 Å². The molecule has 3 amide bonds. The van der Waals surface area contributed by atoms with E-state index in [-0.39, 0.29) is 30.8 Å². The van der Waals surface area contributed by atoms with Crippen molar-refractivity contribution >= 4 is 34.6 Å². The van der Waals surface area contributed by atoms with E-state index in [4.69, 9.17) is 19.2 Å². The Morgan fingerprint density at radius 2 is 1.79 bits per heavy atom. The topological polar surface area (TPSA) is 106 Å². The highest BCUT2D eigenvalue weighted by Crippen LogP contribution is 2.34. The molecule has 0 bridgehead atoms. The Kier molecular flexibility index (Phi) is 10.7. The van der Waals surface area contributed by atoms with Crippen molar-refractivity contribution in [3.63, 3.8) is 0 Å². The molecule has 0 aliphatic carbocycles. The molecule has 1 fully saturated rings. The number of piperidine rings is 1. The number of imidazole rings is 1. The van der Waals surface area contributed by atoms with Crippen LogP contribution in [0, 0.1) is 11.8 Å². The second kappa shape index (κ2) is 14.8. The molecule has 3 aromatic rings. The van der Waals surface area contributed by atoms with Gasteiger partial charge >= 0.3 is 6.09 Å². The summed E-state index contributed by atoms with van der Waals surface area (Å²) in [6.45, 7) is 12.6. The number of rotatable bonds is 10. The monoisotopic (exact) mass is 647 g/mol. The van der Waals surface area contributed by atoms with E-state index >= 15 is 0 Å². The Morgan fingerprint density at radius 1 is 1.04 bits per heavy atom. The summed E-state index contributed by atoms with van der Waals surface area (Å²) in [5, 5.41) is 0. The van der Waals surface area contributed by atoms with Crippen LogP contribution < -0.4 is 9.64 Å². The molecule has 5 rings (SSSR count). The zero-order valence-electron chi connectivity index (χ0n) is 28.6. The molecule has 1 aromatic heterocycles. The molecule has 0 spiro atoms. The lowest BCUT2D eigenvalue weighted by atomic mass is 9.91. The van der Waals surface area contributed by atoms with Gasteiger partial charge in [0.05, 0.1) is 35.2 Å². The lowest BCUT2D eigenvalue weighted by Crippen LogP contribution is -2.58. The van der Waals surface area contributed by atoms with Gasteiger partial charge in [-0.1, -0.05) is 38.1 Å². The minimum atomic E-state index is -0.714. The van der Waals surface area contributed by atoms with Crippen molar-refractivity contribution in [1.29, 1.82) is 0 Å². The number of methoxy groups -OCH3 is 1. The summed E-state index contributed by atoms with van der Waals surface area (Å²) >= 11 is 0. The smallest absolute Gasteiger partial charge is 0.410 e. The summed E-state index contributed by atoms with van der Waals surface area (Å²) < 4.78 is 18.9. The molecule has 2 aromatic carbocycles. The number of para-hydroxylation sites is 4. The number of carbonyl (C=O) groups excluding carboxylic acids is 3. The number of nitrogens with zero attached hydrogens (tertiary/aromatic N) is 5. The third-order valence-electron chi connectivity index (χ3n) is 8.51. The standard InChI is InChI=1S/C36H49N5O6/c1-25(2)22-41(34(43)32-37-28-13-7-8-14-29(28)39(32)17-11-12-19-45-6)27-21-26(23-38(24-27)35(44)47-36(3,4)5)33(42)40-18-20-46-31-16-10-9-15-30(31)40/h7-10,13-16,25-27H,11-12,17-24H2,1-6H3/t26-,27+/m1/s1. The van der Waals surface area contributed by atoms with Crippen LogP contribution in [0.5, 0.6) is 5.75 Å². The van der Waals surface area contributed by atoms with E-state index in [1.165, 1.54) is 0 Å². The Hall–Kier alpha value is -4.12. The number of aryl methyl sites for hydroxylation is 1. The van der Waals surface area contributed by atoms with E-state index in [2.05, 4.69) is 13.8 Å². The van der Waals surface area contributed by atoms with Crippen molar-refractivity contribution in [3.8, 4) is 5.75 Å². The summed E-state index contributed by atoms with van der Waals surface area (Å²) in [7, 11) is 1.69. The van der Waals surface area contributed by atoms with Gasteiger partial charge in [0.2, 0.25) is 5.91 Å². The molecule has 2 aliphatic rings. The molecule has 0 unspecified atom stereocenters. The zero-order chi connectivity index (χ0) is 33.7. The SMILES string of the molecule is COCCCCn1c(C(=O)N(CC(C)C)[C@H]2C[C@@H](C(=O)N3CCOc4ccccc43)CN(C(=O)OC(C)(C)C)C2)nc2ccccc21. The van der Waals surface area contributed by atoms with Crippen LogP contribution in [-0.2, 0) is 20.8 Å². The van der Waals surface area contributed by atoms with Gasteiger partial charge in [-0.2, -0.15) is 0 Å². The fourth-order valence-electron chi connectivity index (χ4n) is 6.47. The quantitative estimate of drug-likeness (QED) is 0.263. The minimum Gasteiger partial charge on any atom is -0.490 e. The van der Waals surface area contributed by atoms with Gasteiger partial charge < -0.3 is 33.5 Å². The first-order valence-electron chi connectivity index (χ1n) is 16.7. The van der Waals surface area contributed by atoms with Gasteiger partial charge in [-0.05, 0) is 70.2 Å². The fraction of sp³-hybridized carbons (Fsp3) is 0.556. The van der Waals surface area contributed by atoms with Crippen LogP contribution in [0.3, 0.4) is 0 Å². The Balaban J connectivity index is 1.50. The molecule has 11 heteroatoms. The summed E-state index contributed by atoms with van der Waals surface area (Å²) in [5.41, 5.74) is 1.65. The van der Waals surface area contributed by atoms with Crippen LogP contribution in [0.1, 0.15) is 64.5 Å². The summed E-state index contributed by atoms with van der Waals surface area (Å²) in [4.78, 5) is 52.6. The minimum absolute atomic E-state index is 0.0960. The highest BCUT2D eigenvalue weighted by molar-refractivity contribution is 5.98. The molecule has 1 saturated heterocycles. The van der Waals surface area contributed by atoms with Gasteiger partial charge in [-0.25, -0.2) is 9.78 Å². The van der Waals surface area contributed by atoms with Gasteiger partial charge in [-0.3, -0.25) is 9.59 Å².